The van der Waals surface area contributed by atoms with Crippen LogP contribution in [0.2, 0.25) is 5.02 Å². The van der Waals surface area contributed by atoms with E-state index in [-0.39, 0.29) is 10.7 Å². The summed E-state index contributed by atoms with van der Waals surface area (Å²) >= 11 is 9.08. The second kappa shape index (κ2) is 6.17. The molecule has 0 aliphatic carbocycles. The SMILES string of the molecule is COc1cc2ncnc(Nc3ccc(Br)c(Cl)c3F)c2cc1N. The molecule has 0 aliphatic heterocycles. The largest absolute Gasteiger partial charge is 0.495 e. The van der Waals surface area contributed by atoms with Gasteiger partial charge < -0.3 is 15.8 Å². The number of aromatic nitrogens is 2. The van der Waals surface area contributed by atoms with E-state index in [2.05, 4.69) is 31.2 Å². The lowest BCUT2D eigenvalue weighted by Gasteiger charge is -2.12. The standard InChI is InChI=1S/C15H11BrClFN4O/c1-23-12-5-11-7(4-9(12)19)15(21-6-20-11)22-10-3-2-8(16)13(17)14(10)18/h2-6H,19H2,1H3,(H,20,21,22). The topological polar surface area (TPSA) is 73.1 Å². The Kier molecular flexibility index (Phi) is 4.23. The van der Waals surface area contributed by atoms with E-state index in [1.54, 1.807) is 24.3 Å². The number of fused-ring (bicyclic) bond motifs is 1. The van der Waals surface area contributed by atoms with Gasteiger partial charge in [-0.2, -0.15) is 0 Å². The molecule has 8 heteroatoms. The van der Waals surface area contributed by atoms with Gasteiger partial charge in [0.05, 0.1) is 29.0 Å². The van der Waals surface area contributed by atoms with Gasteiger partial charge in [-0.25, -0.2) is 14.4 Å². The Balaban J connectivity index is 2.11. The maximum Gasteiger partial charge on any atom is 0.166 e. The predicted octanol–water partition coefficient (Wildman–Crippen LogP) is 4.52. The van der Waals surface area contributed by atoms with Gasteiger partial charge in [-0.15, -0.1) is 0 Å². The highest BCUT2D eigenvalue weighted by Gasteiger charge is 2.13. The molecule has 1 aromatic heterocycles. The maximum absolute atomic E-state index is 14.2. The van der Waals surface area contributed by atoms with Gasteiger partial charge in [-0.3, -0.25) is 0 Å². The molecule has 0 unspecified atom stereocenters. The Bertz CT molecular complexity index is 906. The first-order chi connectivity index (χ1) is 11.0. The zero-order chi connectivity index (χ0) is 16.6. The summed E-state index contributed by atoms with van der Waals surface area (Å²) in [6.45, 7) is 0. The zero-order valence-electron chi connectivity index (χ0n) is 11.9. The van der Waals surface area contributed by atoms with Crippen LogP contribution in [0.3, 0.4) is 0 Å². The van der Waals surface area contributed by atoms with Gasteiger partial charge in [0, 0.05) is 15.9 Å². The number of nitrogens with one attached hydrogen (secondary N) is 1. The fraction of sp³-hybridized carbons (Fsp3) is 0.0667. The highest BCUT2D eigenvalue weighted by atomic mass is 79.9. The van der Waals surface area contributed by atoms with Crippen molar-refractivity contribution in [2.24, 2.45) is 0 Å². The average Bonchev–Trinajstić information content (AvgIpc) is 2.55. The third-order valence-electron chi connectivity index (χ3n) is 3.28. The minimum absolute atomic E-state index is 0.00505. The first kappa shape index (κ1) is 15.8. The van der Waals surface area contributed by atoms with E-state index >= 15 is 0 Å². The van der Waals surface area contributed by atoms with Crippen LogP contribution in [0, 0.1) is 5.82 Å². The number of nitrogen functional groups attached to an aromatic ring is 1. The molecule has 0 bridgehead atoms. The van der Waals surface area contributed by atoms with Crippen LogP contribution in [0.25, 0.3) is 10.9 Å². The van der Waals surface area contributed by atoms with Crippen LogP contribution in [-0.2, 0) is 0 Å². The smallest absolute Gasteiger partial charge is 0.166 e. The Morgan fingerprint density at radius 3 is 2.83 bits per heavy atom. The van der Waals surface area contributed by atoms with Crippen molar-refractivity contribution in [3.63, 3.8) is 0 Å². The van der Waals surface area contributed by atoms with E-state index in [1.165, 1.54) is 13.4 Å². The van der Waals surface area contributed by atoms with Gasteiger partial charge >= 0.3 is 0 Å². The number of benzene rings is 2. The fourth-order valence-electron chi connectivity index (χ4n) is 2.13. The molecule has 1 heterocycles. The Labute approximate surface area is 144 Å². The molecule has 0 aliphatic rings. The third kappa shape index (κ3) is 2.89. The number of methoxy groups -OCH3 is 1. The van der Waals surface area contributed by atoms with Gasteiger partial charge in [0.15, 0.2) is 5.82 Å². The van der Waals surface area contributed by atoms with Crippen molar-refractivity contribution in [2.75, 3.05) is 18.2 Å². The van der Waals surface area contributed by atoms with Gasteiger partial charge in [0.25, 0.3) is 0 Å². The quantitative estimate of drug-likeness (QED) is 0.502. The molecule has 3 aromatic rings. The summed E-state index contributed by atoms with van der Waals surface area (Å²) in [5.41, 5.74) is 7.18. The van der Waals surface area contributed by atoms with Crippen molar-refractivity contribution in [3.05, 3.63) is 45.9 Å². The Morgan fingerprint density at radius 2 is 2.09 bits per heavy atom. The van der Waals surface area contributed by atoms with Crippen molar-refractivity contribution >= 4 is 55.6 Å². The molecule has 0 saturated carbocycles. The predicted molar refractivity (Wildman–Crippen MR) is 92.9 cm³/mol. The number of halogens is 3. The average molecular weight is 398 g/mol. The molecular weight excluding hydrogens is 387 g/mol. The van der Waals surface area contributed by atoms with E-state index in [0.29, 0.717) is 32.6 Å². The number of hydrogen-bond acceptors (Lipinski definition) is 5. The third-order valence-corrected chi connectivity index (χ3v) is 4.53. The molecule has 0 radical (unpaired) electrons. The molecule has 0 saturated heterocycles. The van der Waals surface area contributed by atoms with Crippen molar-refractivity contribution in [3.8, 4) is 5.75 Å². The second-order valence-corrected chi connectivity index (χ2v) is 5.91. The van der Waals surface area contributed by atoms with Crippen LogP contribution in [0.4, 0.5) is 21.6 Å². The molecule has 5 nitrogen and oxygen atoms in total. The van der Waals surface area contributed by atoms with Crippen LogP contribution in [0.1, 0.15) is 0 Å². The van der Waals surface area contributed by atoms with Gasteiger partial charge in [0.1, 0.15) is 17.9 Å². The van der Waals surface area contributed by atoms with E-state index in [0.717, 1.165) is 0 Å². The number of nitrogens with zero attached hydrogens (tertiary/aromatic N) is 2. The van der Waals surface area contributed by atoms with Crippen molar-refractivity contribution in [1.29, 1.82) is 0 Å². The van der Waals surface area contributed by atoms with E-state index in [9.17, 15) is 4.39 Å². The number of nitrogens with two attached hydrogens (primary N) is 1. The molecule has 3 rings (SSSR count). The summed E-state index contributed by atoms with van der Waals surface area (Å²) in [6.07, 6.45) is 1.37. The van der Waals surface area contributed by atoms with E-state index in [4.69, 9.17) is 22.1 Å². The first-order valence-electron chi connectivity index (χ1n) is 6.50. The zero-order valence-corrected chi connectivity index (χ0v) is 14.2. The molecule has 0 atom stereocenters. The van der Waals surface area contributed by atoms with Crippen LogP contribution < -0.4 is 15.8 Å². The minimum atomic E-state index is -0.575. The summed E-state index contributed by atoms with van der Waals surface area (Å²) in [6, 6.07) is 6.58. The van der Waals surface area contributed by atoms with E-state index in [1.807, 2.05) is 0 Å². The highest BCUT2D eigenvalue weighted by Crippen LogP contribution is 2.34. The van der Waals surface area contributed by atoms with Crippen LogP contribution >= 0.6 is 27.5 Å². The molecule has 3 N–H and O–H groups in total. The monoisotopic (exact) mass is 396 g/mol. The molecule has 118 valence electrons. The number of rotatable bonds is 3. The fourth-order valence-corrected chi connectivity index (χ4v) is 2.60. The number of hydrogen-bond donors (Lipinski definition) is 2. The Hall–Kier alpha value is -2.12. The minimum Gasteiger partial charge on any atom is -0.495 e. The summed E-state index contributed by atoms with van der Waals surface area (Å²) < 4.78 is 19.9. The molecule has 0 amide bonds. The highest BCUT2D eigenvalue weighted by molar-refractivity contribution is 9.10. The molecule has 0 spiro atoms. The second-order valence-electron chi connectivity index (χ2n) is 4.68. The maximum atomic E-state index is 14.2. The van der Waals surface area contributed by atoms with Gasteiger partial charge in [-0.05, 0) is 34.1 Å². The first-order valence-corrected chi connectivity index (χ1v) is 7.67. The van der Waals surface area contributed by atoms with Gasteiger partial charge in [0.2, 0.25) is 0 Å². The summed E-state index contributed by atoms with van der Waals surface area (Å²) in [7, 11) is 1.52. The summed E-state index contributed by atoms with van der Waals surface area (Å²) in [5.74, 6) is 0.357. The van der Waals surface area contributed by atoms with E-state index < -0.39 is 5.82 Å². The van der Waals surface area contributed by atoms with Gasteiger partial charge in [-0.1, -0.05) is 11.6 Å². The lowest BCUT2D eigenvalue weighted by atomic mass is 10.2. The van der Waals surface area contributed by atoms with Crippen LogP contribution in [0.5, 0.6) is 5.75 Å². The summed E-state index contributed by atoms with van der Waals surface area (Å²) in [4.78, 5) is 8.33. The number of ether oxygens (including phenoxy) is 1. The molecule has 2 aromatic carbocycles. The van der Waals surface area contributed by atoms with Crippen LogP contribution in [-0.4, -0.2) is 17.1 Å². The lowest BCUT2D eigenvalue weighted by molar-refractivity contribution is 0.417. The molecule has 0 fully saturated rings. The Morgan fingerprint density at radius 1 is 1.30 bits per heavy atom. The molecule has 23 heavy (non-hydrogen) atoms. The number of anilines is 3. The van der Waals surface area contributed by atoms with Crippen LogP contribution in [0.15, 0.2) is 35.1 Å². The van der Waals surface area contributed by atoms with Crippen molar-refractivity contribution < 1.29 is 9.13 Å². The molecular formula is C15H11BrClFN4O. The lowest BCUT2D eigenvalue weighted by Crippen LogP contribution is -2.00. The summed E-state index contributed by atoms with van der Waals surface area (Å²) in [5, 5.41) is 3.56. The normalized spacial score (nSPS) is 10.8. The van der Waals surface area contributed by atoms with Crippen molar-refractivity contribution in [1.82, 2.24) is 9.97 Å². The van der Waals surface area contributed by atoms with Crippen molar-refractivity contribution in [2.45, 2.75) is 0 Å².